The molecule has 4 aromatic rings. The Morgan fingerprint density at radius 1 is 1.26 bits per heavy atom. The third-order valence-corrected chi connectivity index (χ3v) is 6.05. The predicted molar refractivity (Wildman–Crippen MR) is 123 cm³/mol. The number of hydrogen-bond acceptors (Lipinski definition) is 7. The lowest BCUT2D eigenvalue weighted by molar-refractivity contribution is 0.0960. The second-order valence-electron chi connectivity index (χ2n) is 6.53. The number of carbonyl (C=O) groups excluding carboxylic acids is 1. The topological polar surface area (TPSA) is 108 Å². The summed E-state index contributed by atoms with van der Waals surface area (Å²) in [6.07, 6.45) is 5.26. The molecule has 160 valence electrons. The molecule has 0 bridgehead atoms. The molecule has 8 nitrogen and oxygen atoms in total. The van der Waals surface area contributed by atoms with E-state index < -0.39 is 0 Å². The number of rotatable bonds is 7. The number of carbonyl (C=O) groups is 1. The van der Waals surface area contributed by atoms with Crippen LogP contribution in [-0.4, -0.2) is 38.6 Å². The lowest BCUT2D eigenvalue weighted by Crippen LogP contribution is -2.21. The van der Waals surface area contributed by atoms with Gasteiger partial charge in [-0.15, -0.1) is 11.3 Å². The number of nitrogens with zero attached hydrogens (tertiary/aromatic N) is 4. The van der Waals surface area contributed by atoms with Crippen molar-refractivity contribution >= 4 is 56.6 Å². The number of thiophene rings is 1. The summed E-state index contributed by atoms with van der Waals surface area (Å²) in [6, 6.07) is 5.07. The van der Waals surface area contributed by atoms with Crippen LogP contribution in [0.1, 0.15) is 16.6 Å². The average molecular weight is 477 g/mol. The van der Waals surface area contributed by atoms with Gasteiger partial charge in [0.15, 0.2) is 0 Å². The van der Waals surface area contributed by atoms with E-state index in [1.54, 1.807) is 30.7 Å². The molecular formula is C20H18Cl2N6O2S. The Labute approximate surface area is 192 Å². The molecule has 0 radical (unpaired) electrons. The molecule has 0 aliphatic rings. The molecule has 3 N–H and O–H groups in total. The van der Waals surface area contributed by atoms with Gasteiger partial charge in [-0.25, -0.2) is 15.0 Å². The van der Waals surface area contributed by atoms with Crippen molar-refractivity contribution in [3.05, 3.63) is 51.8 Å². The van der Waals surface area contributed by atoms with Crippen molar-refractivity contribution in [1.82, 2.24) is 24.8 Å². The van der Waals surface area contributed by atoms with Crippen LogP contribution in [0, 0.1) is 0 Å². The first-order valence-corrected chi connectivity index (χ1v) is 11.0. The number of benzene rings is 1. The van der Waals surface area contributed by atoms with Crippen LogP contribution >= 0.6 is 34.5 Å². The van der Waals surface area contributed by atoms with E-state index in [0.717, 1.165) is 0 Å². The zero-order chi connectivity index (χ0) is 22.0. The lowest BCUT2D eigenvalue weighted by Gasteiger charge is -2.12. The number of nitrogen functional groups attached to an aromatic ring is 1. The second kappa shape index (κ2) is 9.09. The molecule has 0 aliphatic heterocycles. The van der Waals surface area contributed by atoms with Gasteiger partial charge in [0.05, 0.1) is 33.5 Å². The highest BCUT2D eigenvalue weighted by Gasteiger charge is 2.19. The zero-order valence-corrected chi connectivity index (χ0v) is 18.8. The Bertz CT molecular complexity index is 1240. The number of fused-ring (bicyclic) bond motifs is 1. The average Bonchev–Trinajstić information content (AvgIpc) is 3.39. The van der Waals surface area contributed by atoms with Crippen molar-refractivity contribution in [3.8, 4) is 17.0 Å². The van der Waals surface area contributed by atoms with Crippen LogP contribution in [0.5, 0.6) is 5.75 Å². The van der Waals surface area contributed by atoms with Gasteiger partial charge in [0.2, 0.25) is 5.95 Å². The Morgan fingerprint density at radius 2 is 2.10 bits per heavy atom. The standard InChI is InChI=1S/C20H18Cl2N6O2S/c1-2-25-18(29)16-8-12-17(26-20(23)27-19(12)31-16)11-7-15(14(22)9-13(11)21)30-6-5-28-4-3-24-10-28/h3-4,7-10H,2,5-6H2,1H3,(H,25,29)(H2,23,26,27). The summed E-state index contributed by atoms with van der Waals surface area (Å²) < 4.78 is 7.77. The SMILES string of the molecule is CCNC(=O)c1cc2c(-c3cc(OCCn4ccnc4)c(Cl)cc3Cl)nc(N)nc2s1. The van der Waals surface area contributed by atoms with Crippen molar-refractivity contribution in [2.45, 2.75) is 13.5 Å². The van der Waals surface area contributed by atoms with Crippen LogP contribution in [0.25, 0.3) is 21.5 Å². The first kappa shape index (κ1) is 21.4. The van der Waals surface area contributed by atoms with Crippen LogP contribution in [0.4, 0.5) is 5.95 Å². The van der Waals surface area contributed by atoms with Crippen molar-refractivity contribution < 1.29 is 9.53 Å². The van der Waals surface area contributed by atoms with E-state index >= 15 is 0 Å². The number of nitrogens with two attached hydrogens (primary N) is 1. The van der Waals surface area contributed by atoms with E-state index in [2.05, 4.69) is 20.3 Å². The maximum absolute atomic E-state index is 12.3. The molecular weight excluding hydrogens is 459 g/mol. The maximum atomic E-state index is 12.3. The normalized spacial score (nSPS) is 11.1. The Balaban J connectivity index is 1.71. The van der Waals surface area contributed by atoms with Gasteiger partial charge in [0, 0.05) is 29.9 Å². The van der Waals surface area contributed by atoms with E-state index in [9.17, 15) is 4.79 Å². The Hall–Kier alpha value is -2.88. The number of ether oxygens (including phenoxy) is 1. The highest BCUT2D eigenvalue weighted by atomic mass is 35.5. The highest BCUT2D eigenvalue weighted by Crippen LogP contribution is 2.40. The van der Waals surface area contributed by atoms with Crippen molar-refractivity contribution in [2.24, 2.45) is 0 Å². The van der Waals surface area contributed by atoms with Crippen molar-refractivity contribution in [2.75, 3.05) is 18.9 Å². The Kier molecular flexibility index (Phi) is 6.26. The quantitative estimate of drug-likeness (QED) is 0.412. The van der Waals surface area contributed by atoms with Crippen LogP contribution in [0.2, 0.25) is 10.0 Å². The zero-order valence-electron chi connectivity index (χ0n) is 16.4. The third-order valence-electron chi connectivity index (χ3n) is 4.41. The summed E-state index contributed by atoms with van der Waals surface area (Å²) in [5.74, 6) is 0.367. The van der Waals surface area contributed by atoms with Crippen LogP contribution in [-0.2, 0) is 6.54 Å². The van der Waals surface area contributed by atoms with Crippen molar-refractivity contribution in [3.63, 3.8) is 0 Å². The van der Waals surface area contributed by atoms with E-state index in [4.69, 9.17) is 33.7 Å². The van der Waals surface area contributed by atoms with E-state index in [-0.39, 0.29) is 11.9 Å². The van der Waals surface area contributed by atoms with E-state index in [0.29, 0.717) is 61.8 Å². The fraction of sp³-hybridized carbons (Fsp3) is 0.200. The molecule has 11 heteroatoms. The molecule has 0 saturated heterocycles. The van der Waals surface area contributed by atoms with Crippen LogP contribution in [0.15, 0.2) is 36.9 Å². The number of anilines is 1. The van der Waals surface area contributed by atoms with Gasteiger partial charge in [-0.1, -0.05) is 23.2 Å². The summed E-state index contributed by atoms with van der Waals surface area (Å²) in [7, 11) is 0. The van der Waals surface area contributed by atoms with E-state index in [1.165, 1.54) is 11.3 Å². The largest absolute Gasteiger partial charge is 0.490 e. The fourth-order valence-corrected chi connectivity index (χ4v) is 4.49. The van der Waals surface area contributed by atoms with Gasteiger partial charge in [-0.3, -0.25) is 4.79 Å². The first-order chi connectivity index (χ1) is 15.0. The molecule has 1 amide bonds. The van der Waals surface area contributed by atoms with Crippen molar-refractivity contribution in [1.29, 1.82) is 0 Å². The van der Waals surface area contributed by atoms with Gasteiger partial charge in [-0.05, 0) is 25.1 Å². The summed E-state index contributed by atoms with van der Waals surface area (Å²) in [4.78, 5) is 26.0. The molecule has 0 atom stereocenters. The van der Waals surface area contributed by atoms with Gasteiger partial charge < -0.3 is 20.4 Å². The smallest absolute Gasteiger partial charge is 0.261 e. The molecule has 3 heterocycles. The highest BCUT2D eigenvalue weighted by molar-refractivity contribution is 7.20. The summed E-state index contributed by atoms with van der Waals surface area (Å²) in [5.41, 5.74) is 7.03. The number of hydrogen-bond donors (Lipinski definition) is 2. The summed E-state index contributed by atoms with van der Waals surface area (Å²) in [5, 5.41) is 4.22. The number of imidazole rings is 1. The lowest BCUT2D eigenvalue weighted by atomic mass is 10.1. The molecule has 0 unspecified atom stereocenters. The minimum Gasteiger partial charge on any atom is -0.490 e. The number of amides is 1. The monoisotopic (exact) mass is 476 g/mol. The van der Waals surface area contributed by atoms with Gasteiger partial charge >= 0.3 is 0 Å². The maximum Gasteiger partial charge on any atom is 0.261 e. The van der Waals surface area contributed by atoms with Crippen LogP contribution in [0.3, 0.4) is 0 Å². The molecule has 4 rings (SSSR count). The number of halogens is 2. The minimum absolute atomic E-state index is 0.0837. The molecule has 0 saturated carbocycles. The molecule has 31 heavy (non-hydrogen) atoms. The fourth-order valence-electron chi connectivity index (χ4n) is 3.00. The predicted octanol–water partition coefficient (Wildman–Crippen LogP) is 4.27. The van der Waals surface area contributed by atoms with Gasteiger partial charge in [-0.2, -0.15) is 0 Å². The molecule has 3 aromatic heterocycles. The number of nitrogens with one attached hydrogen (secondary N) is 1. The second-order valence-corrected chi connectivity index (χ2v) is 8.38. The molecule has 0 fully saturated rings. The third kappa shape index (κ3) is 4.58. The first-order valence-electron chi connectivity index (χ1n) is 9.39. The summed E-state index contributed by atoms with van der Waals surface area (Å²) in [6.45, 7) is 3.38. The minimum atomic E-state index is -0.180. The number of aromatic nitrogens is 4. The van der Waals surface area contributed by atoms with E-state index in [1.807, 2.05) is 17.7 Å². The Morgan fingerprint density at radius 3 is 2.84 bits per heavy atom. The van der Waals surface area contributed by atoms with Gasteiger partial charge in [0.1, 0.15) is 17.2 Å². The summed E-state index contributed by atoms with van der Waals surface area (Å²) >= 11 is 14.1. The molecule has 0 spiro atoms. The molecule has 0 aliphatic carbocycles. The molecule has 1 aromatic carbocycles. The van der Waals surface area contributed by atoms with Crippen LogP contribution < -0.4 is 15.8 Å². The van der Waals surface area contributed by atoms with Gasteiger partial charge in [0.25, 0.3) is 5.91 Å².